The maximum Gasteiger partial charge on any atom is 0.251 e. The van der Waals surface area contributed by atoms with E-state index in [9.17, 15) is 9.90 Å². The number of nitrogens with one attached hydrogen (secondary N) is 1. The van der Waals surface area contributed by atoms with Crippen molar-refractivity contribution in [1.29, 1.82) is 0 Å². The molecule has 0 aromatic heterocycles. The lowest BCUT2D eigenvalue weighted by Gasteiger charge is -2.17. The second kappa shape index (κ2) is 8.23. The highest BCUT2D eigenvalue weighted by Gasteiger charge is 2.13. The highest BCUT2D eigenvalue weighted by atomic mass is 32.2. The van der Waals surface area contributed by atoms with E-state index in [1.807, 2.05) is 38.1 Å². The largest absolute Gasteiger partial charge is 0.391 e. The normalized spacial score (nSPS) is 13.9. The summed E-state index contributed by atoms with van der Waals surface area (Å²) in [7, 11) is 0. The molecule has 0 fully saturated rings. The van der Waals surface area contributed by atoms with Crippen molar-refractivity contribution in [2.75, 3.05) is 12.8 Å². The molecule has 0 saturated carbocycles. The molecule has 0 saturated heterocycles. The predicted octanol–water partition coefficient (Wildman–Crippen LogP) is 2.69. The maximum atomic E-state index is 11.9. The van der Waals surface area contributed by atoms with Gasteiger partial charge in [-0.2, -0.15) is 11.8 Å². The summed E-state index contributed by atoms with van der Waals surface area (Å²) in [6.07, 6.45) is 2.47. The van der Waals surface area contributed by atoms with Crippen molar-refractivity contribution in [3.63, 3.8) is 0 Å². The van der Waals surface area contributed by atoms with E-state index in [1.54, 1.807) is 11.8 Å². The van der Waals surface area contributed by atoms with Gasteiger partial charge in [-0.15, -0.1) is 0 Å². The Balaban J connectivity index is 2.49. The highest BCUT2D eigenvalue weighted by Crippen LogP contribution is 2.11. The van der Waals surface area contributed by atoms with Gasteiger partial charge in [-0.05, 0) is 29.9 Å². The van der Waals surface area contributed by atoms with Gasteiger partial charge >= 0.3 is 0 Å². The standard InChI is InChI=1S/C15H23NO2S/c1-4-11(2)14(17)9-16-15(18)13-7-5-12(6-8-13)10-19-3/h5-8,11,14,17H,4,9-10H2,1-3H3,(H,16,18). The smallest absolute Gasteiger partial charge is 0.251 e. The first-order chi connectivity index (χ1) is 9.08. The van der Waals surface area contributed by atoms with E-state index in [0.717, 1.165) is 12.2 Å². The van der Waals surface area contributed by atoms with Crippen LogP contribution in [0.4, 0.5) is 0 Å². The van der Waals surface area contributed by atoms with E-state index < -0.39 is 6.10 Å². The number of amides is 1. The van der Waals surface area contributed by atoms with Crippen LogP contribution in [-0.4, -0.2) is 29.9 Å². The van der Waals surface area contributed by atoms with Crippen LogP contribution in [-0.2, 0) is 5.75 Å². The zero-order chi connectivity index (χ0) is 14.3. The molecular formula is C15H23NO2S. The van der Waals surface area contributed by atoms with Gasteiger partial charge in [-0.1, -0.05) is 32.4 Å². The lowest BCUT2D eigenvalue weighted by molar-refractivity contribution is 0.0850. The van der Waals surface area contributed by atoms with E-state index in [-0.39, 0.29) is 11.8 Å². The molecule has 0 heterocycles. The average molecular weight is 281 g/mol. The van der Waals surface area contributed by atoms with Gasteiger partial charge in [0.15, 0.2) is 0 Å². The van der Waals surface area contributed by atoms with Crippen LogP contribution in [0.2, 0.25) is 0 Å². The van der Waals surface area contributed by atoms with Crippen LogP contribution >= 0.6 is 11.8 Å². The number of hydrogen-bond donors (Lipinski definition) is 2. The molecule has 2 N–H and O–H groups in total. The molecule has 0 aliphatic rings. The van der Waals surface area contributed by atoms with Crippen LogP contribution in [0.15, 0.2) is 24.3 Å². The summed E-state index contributed by atoms with van der Waals surface area (Å²) >= 11 is 1.76. The molecule has 2 atom stereocenters. The van der Waals surface area contributed by atoms with Gasteiger partial charge in [0.25, 0.3) is 5.91 Å². The third kappa shape index (κ3) is 5.25. The minimum absolute atomic E-state index is 0.127. The number of hydrogen-bond acceptors (Lipinski definition) is 3. The Kier molecular flexibility index (Phi) is 6.95. The van der Waals surface area contributed by atoms with Crippen molar-refractivity contribution in [1.82, 2.24) is 5.32 Å². The predicted molar refractivity (Wildman–Crippen MR) is 81.5 cm³/mol. The van der Waals surface area contributed by atoms with Crippen LogP contribution in [0.25, 0.3) is 0 Å². The molecule has 0 bridgehead atoms. The zero-order valence-electron chi connectivity index (χ0n) is 11.8. The van der Waals surface area contributed by atoms with Crippen molar-refractivity contribution < 1.29 is 9.90 Å². The first-order valence-electron chi connectivity index (χ1n) is 6.62. The summed E-state index contributed by atoms with van der Waals surface area (Å²) in [6, 6.07) is 7.60. The van der Waals surface area contributed by atoms with Crippen LogP contribution < -0.4 is 5.32 Å². The number of carbonyl (C=O) groups excluding carboxylic acids is 1. The summed E-state index contributed by atoms with van der Waals surface area (Å²) in [5.74, 6) is 1.02. The van der Waals surface area contributed by atoms with E-state index >= 15 is 0 Å². The van der Waals surface area contributed by atoms with Gasteiger partial charge in [-0.25, -0.2) is 0 Å². The third-order valence-electron chi connectivity index (χ3n) is 3.30. The summed E-state index contributed by atoms with van der Waals surface area (Å²) in [4.78, 5) is 11.9. The molecule has 4 heteroatoms. The van der Waals surface area contributed by atoms with Crippen LogP contribution in [0.3, 0.4) is 0 Å². The average Bonchev–Trinajstić information content (AvgIpc) is 2.44. The molecule has 1 amide bonds. The van der Waals surface area contributed by atoms with Gasteiger partial charge in [0, 0.05) is 17.9 Å². The molecule has 0 spiro atoms. The first-order valence-corrected chi connectivity index (χ1v) is 8.02. The molecule has 106 valence electrons. The fourth-order valence-corrected chi connectivity index (χ4v) is 2.22. The number of carbonyl (C=O) groups is 1. The molecule has 1 rings (SSSR count). The van der Waals surface area contributed by atoms with Crippen LogP contribution in [0, 0.1) is 5.92 Å². The fraction of sp³-hybridized carbons (Fsp3) is 0.533. The number of benzene rings is 1. The van der Waals surface area contributed by atoms with Crippen molar-refractivity contribution >= 4 is 17.7 Å². The van der Waals surface area contributed by atoms with Gasteiger partial charge in [0.05, 0.1) is 6.10 Å². The molecule has 0 radical (unpaired) electrons. The Morgan fingerprint density at radius 2 is 2.00 bits per heavy atom. The number of rotatable bonds is 7. The summed E-state index contributed by atoms with van der Waals surface area (Å²) in [5.41, 5.74) is 1.85. The van der Waals surface area contributed by atoms with E-state index in [0.29, 0.717) is 12.1 Å². The Labute approximate surface area is 119 Å². The Morgan fingerprint density at radius 1 is 1.37 bits per heavy atom. The lowest BCUT2D eigenvalue weighted by atomic mass is 10.0. The van der Waals surface area contributed by atoms with Gasteiger partial charge in [-0.3, -0.25) is 4.79 Å². The number of aliphatic hydroxyl groups is 1. The molecule has 3 nitrogen and oxygen atoms in total. The van der Waals surface area contributed by atoms with Gasteiger partial charge in [0.1, 0.15) is 0 Å². The van der Waals surface area contributed by atoms with E-state index in [1.165, 1.54) is 5.56 Å². The third-order valence-corrected chi connectivity index (χ3v) is 3.92. The lowest BCUT2D eigenvalue weighted by Crippen LogP contribution is -2.35. The van der Waals surface area contributed by atoms with Crippen molar-refractivity contribution in [2.45, 2.75) is 32.1 Å². The molecule has 0 aliphatic carbocycles. The minimum atomic E-state index is -0.482. The van der Waals surface area contributed by atoms with Crippen LogP contribution in [0.1, 0.15) is 36.2 Å². The quantitative estimate of drug-likeness (QED) is 0.808. The summed E-state index contributed by atoms with van der Waals surface area (Å²) in [6.45, 7) is 4.31. The molecule has 1 aromatic rings. The van der Waals surface area contributed by atoms with Crippen molar-refractivity contribution in [3.8, 4) is 0 Å². The molecule has 1 aromatic carbocycles. The fourth-order valence-electron chi connectivity index (χ4n) is 1.69. The minimum Gasteiger partial charge on any atom is -0.391 e. The van der Waals surface area contributed by atoms with Crippen molar-refractivity contribution in [3.05, 3.63) is 35.4 Å². The number of aliphatic hydroxyl groups excluding tert-OH is 1. The molecule has 19 heavy (non-hydrogen) atoms. The topological polar surface area (TPSA) is 49.3 Å². The van der Waals surface area contributed by atoms with Crippen molar-refractivity contribution in [2.24, 2.45) is 5.92 Å². The van der Waals surface area contributed by atoms with Gasteiger partial charge in [0.2, 0.25) is 0 Å². The summed E-state index contributed by atoms with van der Waals surface area (Å²) < 4.78 is 0. The van der Waals surface area contributed by atoms with Crippen LogP contribution in [0.5, 0.6) is 0 Å². The maximum absolute atomic E-state index is 11.9. The molecular weight excluding hydrogens is 258 g/mol. The highest BCUT2D eigenvalue weighted by molar-refractivity contribution is 7.97. The molecule has 2 unspecified atom stereocenters. The van der Waals surface area contributed by atoms with E-state index in [2.05, 4.69) is 11.6 Å². The second-order valence-corrected chi connectivity index (χ2v) is 5.66. The first kappa shape index (κ1) is 16.1. The SMILES string of the molecule is CCC(C)C(O)CNC(=O)c1ccc(CSC)cc1. The number of thioether (sulfide) groups is 1. The zero-order valence-corrected chi connectivity index (χ0v) is 12.7. The Morgan fingerprint density at radius 3 is 2.53 bits per heavy atom. The van der Waals surface area contributed by atoms with E-state index in [4.69, 9.17) is 0 Å². The Bertz CT molecular complexity index is 392. The second-order valence-electron chi connectivity index (χ2n) is 4.79. The Hall–Kier alpha value is -1.00. The summed E-state index contributed by atoms with van der Waals surface area (Å²) in [5, 5.41) is 12.6. The molecule has 0 aliphatic heterocycles. The monoisotopic (exact) mass is 281 g/mol. The van der Waals surface area contributed by atoms with Gasteiger partial charge < -0.3 is 10.4 Å².